The highest BCUT2D eigenvalue weighted by Crippen LogP contribution is 2.15. The van der Waals surface area contributed by atoms with Gasteiger partial charge in [-0.2, -0.15) is 0 Å². The van der Waals surface area contributed by atoms with Crippen LogP contribution in [0.1, 0.15) is 89.5 Å². The minimum absolute atomic E-state index is 0.0620. The summed E-state index contributed by atoms with van der Waals surface area (Å²) in [5, 5.41) is 2.47. The molecule has 6 nitrogen and oxygen atoms in total. The van der Waals surface area contributed by atoms with Crippen molar-refractivity contribution in [1.29, 1.82) is 0 Å². The zero-order valence-corrected chi connectivity index (χ0v) is 18.9. The van der Waals surface area contributed by atoms with Gasteiger partial charge in [0, 0.05) is 6.42 Å². The van der Waals surface area contributed by atoms with Gasteiger partial charge in [-0.1, -0.05) is 76.8 Å². The number of nitrogens with one attached hydrogen (secondary N) is 2. The van der Waals surface area contributed by atoms with E-state index in [1.807, 2.05) is 12.1 Å². The Morgan fingerprint density at radius 2 is 1.53 bits per heavy atom. The van der Waals surface area contributed by atoms with Gasteiger partial charge in [-0.15, -0.1) is 0 Å². The van der Waals surface area contributed by atoms with E-state index in [-0.39, 0.29) is 17.2 Å². The molecule has 0 aromatic heterocycles. The largest absolute Gasteiger partial charge is 0.344 e. The molecule has 2 rings (SSSR count). The van der Waals surface area contributed by atoms with Crippen molar-refractivity contribution in [1.82, 2.24) is 10.0 Å². The molecule has 1 heterocycles. The molecule has 1 aromatic rings. The summed E-state index contributed by atoms with van der Waals surface area (Å²) in [5.41, 5.74) is 1.10. The zero-order valence-electron chi connectivity index (χ0n) is 18.1. The summed E-state index contributed by atoms with van der Waals surface area (Å²) in [7, 11) is -3.93. The third-order valence-corrected chi connectivity index (χ3v) is 6.96. The molecule has 1 saturated heterocycles. The average molecular weight is 437 g/mol. The van der Waals surface area contributed by atoms with Crippen LogP contribution >= 0.6 is 0 Å². The number of hydrogen-bond donors (Lipinski definition) is 2. The van der Waals surface area contributed by atoms with Crippen molar-refractivity contribution in [3.05, 3.63) is 29.8 Å². The molecule has 168 valence electrons. The van der Waals surface area contributed by atoms with Crippen LogP contribution in [0.15, 0.2) is 29.2 Å². The van der Waals surface area contributed by atoms with Crippen LogP contribution in [0.25, 0.3) is 0 Å². The second kappa shape index (κ2) is 12.7. The molecule has 7 heteroatoms. The summed E-state index contributed by atoms with van der Waals surface area (Å²) in [6, 6.07) is 5.92. The standard InChI is InChI=1S/C23H36N2O4S/c1-2-3-4-5-6-7-8-9-10-11-12-19-13-15-20(16-14-19)30(28,29)25-23(27)21-17-18-22(26)24-21/h13-16,21H,2-12,17-18H2,1H3,(H,24,26)(H,25,27)/t21-/m0/s1. The molecule has 0 aliphatic carbocycles. The van der Waals surface area contributed by atoms with E-state index >= 15 is 0 Å². The van der Waals surface area contributed by atoms with Gasteiger partial charge >= 0.3 is 0 Å². The van der Waals surface area contributed by atoms with Gasteiger partial charge in [0.15, 0.2) is 0 Å². The lowest BCUT2D eigenvalue weighted by Crippen LogP contribution is -2.44. The highest BCUT2D eigenvalue weighted by molar-refractivity contribution is 7.90. The molecule has 0 unspecified atom stereocenters. The van der Waals surface area contributed by atoms with Crippen LogP contribution in [-0.2, 0) is 26.0 Å². The number of carbonyl (C=O) groups is 2. The maximum Gasteiger partial charge on any atom is 0.264 e. The molecule has 2 amide bonds. The first-order chi connectivity index (χ1) is 14.4. The van der Waals surface area contributed by atoms with Crippen LogP contribution in [0.4, 0.5) is 0 Å². The molecule has 1 aliphatic heterocycles. The summed E-state index contributed by atoms with van der Waals surface area (Å²) in [5.74, 6) is -0.917. The Bertz CT molecular complexity index is 775. The van der Waals surface area contributed by atoms with E-state index < -0.39 is 22.0 Å². The van der Waals surface area contributed by atoms with Crippen molar-refractivity contribution in [2.75, 3.05) is 0 Å². The monoisotopic (exact) mass is 436 g/mol. The Morgan fingerprint density at radius 3 is 2.07 bits per heavy atom. The van der Waals surface area contributed by atoms with Crippen LogP contribution in [0.2, 0.25) is 0 Å². The van der Waals surface area contributed by atoms with Crippen molar-refractivity contribution >= 4 is 21.8 Å². The topological polar surface area (TPSA) is 92.3 Å². The molecule has 0 saturated carbocycles. The maximum atomic E-state index is 12.4. The van der Waals surface area contributed by atoms with Gasteiger partial charge in [-0.25, -0.2) is 13.1 Å². The smallest absolute Gasteiger partial charge is 0.264 e. The van der Waals surface area contributed by atoms with Crippen LogP contribution in [-0.4, -0.2) is 26.3 Å². The number of rotatable bonds is 14. The lowest BCUT2D eigenvalue weighted by Gasteiger charge is -2.12. The minimum Gasteiger partial charge on any atom is -0.344 e. The fraction of sp³-hybridized carbons (Fsp3) is 0.652. The van der Waals surface area contributed by atoms with Crippen LogP contribution in [0.3, 0.4) is 0 Å². The van der Waals surface area contributed by atoms with Gasteiger partial charge in [0.1, 0.15) is 6.04 Å². The molecule has 0 spiro atoms. The second-order valence-corrected chi connectivity index (χ2v) is 9.89. The minimum atomic E-state index is -3.93. The summed E-state index contributed by atoms with van der Waals surface area (Å²) in [6.07, 6.45) is 14.4. The highest BCUT2D eigenvalue weighted by atomic mass is 32.2. The SMILES string of the molecule is CCCCCCCCCCCCc1ccc(S(=O)(=O)NC(=O)[C@@H]2CCC(=O)N2)cc1. The number of benzene rings is 1. The van der Waals surface area contributed by atoms with Crippen molar-refractivity contribution in [3.63, 3.8) is 0 Å². The number of carbonyl (C=O) groups excluding carboxylic acids is 2. The third kappa shape index (κ3) is 8.46. The normalized spacial score (nSPS) is 16.4. The predicted molar refractivity (Wildman–Crippen MR) is 118 cm³/mol. The first-order valence-electron chi connectivity index (χ1n) is 11.4. The Morgan fingerprint density at radius 1 is 0.967 bits per heavy atom. The lowest BCUT2D eigenvalue weighted by molar-refractivity contribution is -0.124. The molecule has 0 radical (unpaired) electrons. The quantitative estimate of drug-likeness (QED) is 0.427. The molecular formula is C23H36N2O4S. The maximum absolute atomic E-state index is 12.4. The number of unbranched alkanes of at least 4 members (excludes halogenated alkanes) is 9. The molecule has 1 atom stereocenters. The third-order valence-electron chi connectivity index (χ3n) is 5.60. The van der Waals surface area contributed by atoms with E-state index in [1.54, 1.807) is 0 Å². The fourth-order valence-electron chi connectivity index (χ4n) is 3.73. The van der Waals surface area contributed by atoms with Crippen LogP contribution < -0.4 is 10.0 Å². The van der Waals surface area contributed by atoms with Crippen molar-refractivity contribution < 1.29 is 18.0 Å². The van der Waals surface area contributed by atoms with Gasteiger partial charge in [-0.05, 0) is 37.0 Å². The highest BCUT2D eigenvalue weighted by Gasteiger charge is 2.30. The van der Waals surface area contributed by atoms with E-state index in [4.69, 9.17) is 0 Å². The molecule has 1 aromatic carbocycles. The molecule has 2 N–H and O–H groups in total. The zero-order chi connectivity index (χ0) is 21.8. The second-order valence-electron chi connectivity index (χ2n) is 8.20. The first kappa shape index (κ1) is 24.4. The number of hydrogen-bond acceptors (Lipinski definition) is 4. The fourth-order valence-corrected chi connectivity index (χ4v) is 4.74. The van der Waals surface area contributed by atoms with E-state index in [1.165, 1.54) is 69.9 Å². The van der Waals surface area contributed by atoms with Gasteiger partial charge in [-0.3, -0.25) is 9.59 Å². The Hall–Kier alpha value is -1.89. The summed E-state index contributed by atoms with van der Waals surface area (Å²) < 4.78 is 26.8. The molecule has 1 aliphatic rings. The average Bonchev–Trinajstić information content (AvgIpc) is 3.16. The molecule has 1 fully saturated rings. The Labute approximate surface area is 181 Å². The summed E-state index contributed by atoms with van der Waals surface area (Å²) in [6.45, 7) is 2.24. The van der Waals surface area contributed by atoms with Gasteiger partial charge < -0.3 is 5.32 Å². The molecule has 0 bridgehead atoms. The predicted octanol–water partition coefficient (Wildman–Crippen LogP) is 4.23. The Kier molecular flexibility index (Phi) is 10.3. The van der Waals surface area contributed by atoms with Gasteiger partial charge in [0.2, 0.25) is 5.91 Å². The van der Waals surface area contributed by atoms with E-state index in [9.17, 15) is 18.0 Å². The van der Waals surface area contributed by atoms with Crippen LogP contribution in [0, 0.1) is 0 Å². The van der Waals surface area contributed by atoms with E-state index in [2.05, 4.69) is 17.0 Å². The van der Waals surface area contributed by atoms with Crippen molar-refractivity contribution in [2.45, 2.75) is 101 Å². The first-order valence-corrected chi connectivity index (χ1v) is 12.9. The van der Waals surface area contributed by atoms with E-state index in [0.29, 0.717) is 6.42 Å². The van der Waals surface area contributed by atoms with E-state index in [0.717, 1.165) is 18.4 Å². The summed E-state index contributed by atoms with van der Waals surface area (Å²) in [4.78, 5) is 23.3. The number of sulfonamides is 1. The van der Waals surface area contributed by atoms with Gasteiger partial charge in [0.25, 0.3) is 15.9 Å². The Balaban J connectivity index is 1.66. The number of amides is 2. The summed E-state index contributed by atoms with van der Waals surface area (Å²) >= 11 is 0. The van der Waals surface area contributed by atoms with Crippen molar-refractivity contribution in [3.8, 4) is 0 Å². The molecule has 30 heavy (non-hydrogen) atoms. The lowest BCUT2D eigenvalue weighted by atomic mass is 10.0. The van der Waals surface area contributed by atoms with Crippen molar-refractivity contribution in [2.24, 2.45) is 0 Å². The van der Waals surface area contributed by atoms with Crippen LogP contribution in [0.5, 0.6) is 0 Å². The van der Waals surface area contributed by atoms with Gasteiger partial charge in [0.05, 0.1) is 4.90 Å². The molecular weight excluding hydrogens is 400 g/mol. The number of aryl methyl sites for hydroxylation is 1.